The van der Waals surface area contributed by atoms with Gasteiger partial charge in [0.1, 0.15) is 5.69 Å². The summed E-state index contributed by atoms with van der Waals surface area (Å²) in [5.74, 6) is 1.22. The summed E-state index contributed by atoms with van der Waals surface area (Å²) in [6.45, 7) is 0. The van der Waals surface area contributed by atoms with Crippen LogP contribution in [-0.4, -0.2) is 16.1 Å². The van der Waals surface area contributed by atoms with Gasteiger partial charge in [0.15, 0.2) is 0 Å². The minimum atomic E-state index is -1.05. The molecule has 3 nitrogen and oxygen atoms in total. The molecular weight excluding hydrogens is 190 g/mol. The van der Waals surface area contributed by atoms with Gasteiger partial charge in [-0.2, -0.15) is 0 Å². The van der Waals surface area contributed by atoms with Crippen LogP contribution < -0.4 is 0 Å². The number of rotatable bonds is 1. The second kappa shape index (κ2) is 3.43. The number of hydrogen-bond donors (Lipinski definition) is 1. The van der Waals surface area contributed by atoms with Crippen LogP contribution in [0, 0.1) is 12.3 Å². The molecular formula is C12H7NO2. The molecule has 0 spiro atoms. The predicted octanol–water partition coefficient (Wildman–Crippen LogP) is 1.91. The molecule has 0 saturated heterocycles. The highest BCUT2D eigenvalue weighted by Gasteiger charge is 2.10. The van der Waals surface area contributed by atoms with Crippen LogP contribution in [0.15, 0.2) is 30.3 Å². The van der Waals surface area contributed by atoms with Crippen molar-refractivity contribution in [2.75, 3.05) is 0 Å². The van der Waals surface area contributed by atoms with E-state index in [-0.39, 0.29) is 11.3 Å². The fourth-order valence-electron chi connectivity index (χ4n) is 1.39. The van der Waals surface area contributed by atoms with Gasteiger partial charge in [-0.3, -0.25) is 0 Å². The van der Waals surface area contributed by atoms with E-state index in [4.69, 9.17) is 11.5 Å². The smallest absolute Gasteiger partial charge is 0.338 e. The average molecular weight is 197 g/mol. The average Bonchev–Trinajstić information content (AvgIpc) is 2.27. The van der Waals surface area contributed by atoms with E-state index in [2.05, 4.69) is 10.9 Å². The Morgan fingerprint density at radius 2 is 2.13 bits per heavy atom. The molecule has 1 aromatic carbocycles. The first-order chi connectivity index (χ1) is 7.22. The Bertz CT molecular complexity index is 582. The van der Waals surface area contributed by atoms with Crippen molar-refractivity contribution in [3.8, 4) is 12.3 Å². The van der Waals surface area contributed by atoms with Gasteiger partial charge < -0.3 is 5.11 Å². The number of aromatic nitrogens is 1. The van der Waals surface area contributed by atoms with Crippen LogP contribution >= 0.6 is 0 Å². The number of carboxylic acids is 1. The normalized spacial score (nSPS) is 9.80. The molecule has 1 N–H and O–H groups in total. The van der Waals surface area contributed by atoms with Gasteiger partial charge in [0.05, 0.1) is 11.1 Å². The summed E-state index contributed by atoms with van der Waals surface area (Å²) in [4.78, 5) is 15.0. The van der Waals surface area contributed by atoms with Crippen LogP contribution in [0.4, 0.5) is 0 Å². The number of hydrogen-bond acceptors (Lipinski definition) is 2. The monoisotopic (exact) mass is 197 g/mol. The summed E-state index contributed by atoms with van der Waals surface area (Å²) in [7, 11) is 0. The van der Waals surface area contributed by atoms with Crippen LogP contribution in [0.1, 0.15) is 16.1 Å². The third kappa shape index (κ3) is 1.53. The van der Waals surface area contributed by atoms with Gasteiger partial charge in [-0.25, -0.2) is 9.78 Å². The van der Waals surface area contributed by atoms with Gasteiger partial charge in [-0.1, -0.05) is 18.2 Å². The number of terminal acetylenes is 1. The molecule has 0 radical (unpaired) electrons. The first-order valence-corrected chi connectivity index (χ1v) is 4.32. The first kappa shape index (κ1) is 9.22. The topological polar surface area (TPSA) is 50.2 Å². The molecule has 0 bridgehead atoms. The number of aromatic carboxylic acids is 1. The molecule has 72 valence electrons. The lowest BCUT2D eigenvalue weighted by Gasteiger charge is -2.01. The van der Waals surface area contributed by atoms with Crippen LogP contribution in [0.25, 0.3) is 10.9 Å². The molecule has 1 heterocycles. The van der Waals surface area contributed by atoms with Crippen LogP contribution in [0.3, 0.4) is 0 Å². The lowest BCUT2D eigenvalue weighted by atomic mass is 10.1. The molecule has 0 unspecified atom stereocenters. The van der Waals surface area contributed by atoms with Gasteiger partial charge >= 0.3 is 5.97 Å². The van der Waals surface area contributed by atoms with Crippen molar-refractivity contribution in [2.45, 2.75) is 0 Å². The zero-order valence-electron chi connectivity index (χ0n) is 7.77. The highest BCUT2D eigenvalue weighted by Crippen LogP contribution is 2.16. The highest BCUT2D eigenvalue weighted by molar-refractivity contribution is 5.95. The number of carboxylic acid groups (broad SMARTS) is 1. The minimum absolute atomic E-state index is 0.0659. The maximum Gasteiger partial charge on any atom is 0.338 e. The Morgan fingerprint density at radius 3 is 2.80 bits per heavy atom. The number of pyridine rings is 1. The van der Waals surface area contributed by atoms with Gasteiger partial charge in [0.25, 0.3) is 0 Å². The first-order valence-electron chi connectivity index (χ1n) is 4.32. The fraction of sp³-hybridized carbons (Fsp3) is 0. The third-order valence-electron chi connectivity index (χ3n) is 2.09. The summed E-state index contributed by atoms with van der Waals surface area (Å²) in [6, 6.07) is 8.79. The van der Waals surface area contributed by atoms with Crippen molar-refractivity contribution in [1.82, 2.24) is 4.98 Å². The van der Waals surface area contributed by atoms with Crippen molar-refractivity contribution < 1.29 is 9.90 Å². The zero-order valence-corrected chi connectivity index (χ0v) is 7.77. The van der Waals surface area contributed by atoms with E-state index in [1.807, 2.05) is 12.1 Å². The molecule has 3 heteroatoms. The number of nitrogens with zero attached hydrogens (tertiary/aromatic N) is 1. The molecule has 1 aromatic heterocycles. The summed E-state index contributed by atoms with van der Waals surface area (Å²) >= 11 is 0. The molecule has 2 aromatic rings. The van der Waals surface area contributed by atoms with E-state index in [9.17, 15) is 4.79 Å². The summed E-state index contributed by atoms with van der Waals surface area (Å²) in [5.41, 5.74) is 0.938. The van der Waals surface area contributed by atoms with Crippen molar-refractivity contribution >= 4 is 16.9 Å². The lowest BCUT2D eigenvalue weighted by Crippen LogP contribution is -2.02. The molecule has 0 fully saturated rings. The molecule has 0 aliphatic heterocycles. The van der Waals surface area contributed by atoms with Crippen molar-refractivity contribution in [3.63, 3.8) is 0 Å². The summed E-state index contributed by atoms with van der Waals surface area (Å²) in [6.07, 6.45) is 5.20. The van der Waals surface area contributed by atoms with Gasteiger partial charge in [0.2, 0.25) is 0 Å². The molecule has 0 atom stereocenters. The van der Waals surface area contributed by atoms with Crippen molar-refractivity contribution in [1.29, 1.82) is 0 Å². The largest absolute Gasteiger partial charge is 0.478 e. The van der Waals surface area contributed by atoms with E-state index in [1.54, 1.807) is 18.2 Å². The van der Waals surface area contributed by atoms with E-state index < -0.39 is 5.97 Å². The molecule has 0 saturated carbocycles. The fourth-order valence-corrected chi connectivity index (χ4v) is 1.39. The Morgan fingerprint density at radius 1 is 1.40 bits per heavy atom. The lowest BCUT2D eigenvalue weighted by molar-refractivity contribution is 0.0696. The Kier molecular flexibility index (Phi) is 2.11. The molecule has 0 aliphatic rings. The second-order valence-electron chi connectivity index (χ2n) is 3.03. The zero-order chi connectivity index (χ0) is 10.8. The van der Waals surface area contributed by atoms with E-state index in [1.165, 1.54) is 0 Å². The van der Waals surface area contributed by atoms with Crippen molar-refractivity contribution in [3.05, 3.63) is 41.6 Å². The second-order valence-corrected chi connectivity index (χ2v) is 3.03. The summed E-state index contributed by atoms with van der Waals surface area (Å²) < 4.78 is 0. The van der Waals surface area contributed by atoms with Crippen molar-refractivity contribution in [2.24, 2.45) is 0 Å². The van der Waals surface area contributed by atoms with Crippen LogP contribution in [0.5, 0.6) is 0 Å². The number of benzene rings is 1. The van der Waals surface area contributed by atoms with Gasteiger partial charge in [-0.15, -0.1) is 6.42 Å². The van der Waals surface area contributed by atoms with Gasteiger partial charge in [0, 0.05) is 5.39 Å². The Hall–Kier alpha value is -2.34. The SMILES string of the molecule is C#Cc1nc2ccccc2cc1C(=O)O. The number of fused-ring (bicyclic) bond motifs is 1. The maximum absolute atomic E-state index is 10.9. The van der Waals surface area contributed by atoms with E-state index in [0.29, 0.717) is 5.52 Å². The standard InChI is InChI=1S/C12H7NO2/c1-2-10-9(12(14)15)7-8-5-3-4-6-11(8)13-10/h1,3-7H,(H,14,15). The summed E-state index contributed by atoms with van der Waals surface area (Å²) in [5, 5.41) is 9.69. The molecule has 0 amide bonds. The minimum Gasteiger partial charge on any atom is -0.478 e. The number of carbonyl (C=O) groups is 1. The maximum atomic E-state index is 10.9. The quantitative estimate of drug-likeness (QED) is 0.710. The molecule has 0 aliphatic carbocycles. The Labute approximate surface area is 86.4 Å². The molecule has 2 rings (SSSR count). The Balaban J connectivity index is 2.82. The molecule has 15 heavy (non-hydrogen) atoms. The third-order valence-corrected chi connectivity index (χ3v) is 2.09. The van der Waals surface area contributed by atoms with Crippen LogP contribution in [0.2, 0.25) is 0 Å². The van der Waals surface area contributed by atoms with E-state index in [0.717, 1.165) is 5.39 Å². The number of para-hydroxylation sites is 1. The van der Waals surface area contributed by atoms with Crippen LogP contribution in [-0.2, 0) is 0 Å². The van der Waals surface area contributed by atoms with E-state index >= 15 is 0 Å². The highest BCUT2D eigenvalue weighted by atomic mass is 16.4. The predicted molar refractivity (Wildman–Crippen MR) is 56.6 cm³/mol. The van der Waals surface area contributed by atoms with Gasteiger partial charge in [-0.05, 0) is 18.1 Å².